The molecular formula is C17H25ClN2O3. The summed E-state index contributed by atoms with van der Waals surface area (Å²) in [6.45, 7) is 4.90. The predicted octanol–water partition coefficient (Wildman–Crippen LogP) is 2.24. The number of rotatable bonds is 7. The number of ether oxygens (including phenoxy) is 2. The van der Waals surface area contributed by atoms with E-state index in [1.807, 2.05) is 0 Å². The van der Waals surface area contributed by atoms with Crippen molar-refractivity contribution in [3.63, 3.8) is 0 Å². The van der Waals surface area contributed by atoms with Crippen LogP contribution >= 0.6 is 11.6 Å². The molecule has 1 unspecified atom stereocenters. The Balaban J connectivity index is 1.87. The van der Waals surface area contributed by atoms with Gasteiger partial charge in [0.2, 0.25) is 0 Å². The van der Waals surface area contributed by atoms with Crippen LogP contribution in [0.3, 0.4) is 0 Å². The number of hydrogen-bond donors (Lipinski definition) is 2. The predicted molar refractivity (Wildman–Crippen MR) is 91.0 cm³/mol. The summed E-state index contributed by atoms with van der Waals surface area (Å²) in [6, 6.07) is 7.05. The fourth-order valence-corrected chi connectivity index (χ4v) is 3.03. The van der Waals surface area contributed by atoms with Crippen LogP contribution in [0, 0.1) is 5.41 Å². The molecule has 1 amide bonds. The Morgan fingerprint density at radius 2 is 2.17 bits per heavy atom. The summed E-state index contributed by atoms with van der Waals surface area (Å²) in [5.74, 6) is 0.465. The summed E-state index contributed by atoms with van der Waals surface area (Å²) in [5.41, 5.74) is 0.00539. The van der Waals surface area contributed by atoms with Crippen molar-refractivity contribution in [3.05, 3.63) is 29.3 Å². The van der Waals surface area contributed by atoms with Crippen molar-refractivity contribution in [2.75, 3.05) is 33.4 Å². The number of hydrogen-bond acceptors (Lipinski definition) is 4. The van der Waals surface area contributed by atoms with Gasteiger partial charge in [-0.25, -0.2) is 0 Å². The number of carbonyl (C=O) groups excluding carboxylic acids is 1. The van der Waals surface area contributed by atoms with Crippen molar-refractivity contribution in [1.29, 1.82) is 0 Å². The highest BCUT2D eigenvalue weighted by molar-refractivity contribution is 6.30. The lowest BCUT2D eigenvalue weighted by atomic mass is 9.79. The molecule has 5 nitrogen and oxygen atoms in total. The van der Waals surface area contributed by atoms with E-state index in [0.717, 1.165) is 25.9 Å². The zero-order valence-corrected chi connectivity index (χ0v) is 14.5. The van der Waals surface area contributed by atoms with Crippen LogP contribution < -0.4 is 15.4 Å². The molecule has 128 valence electrons. The van der Waals surface area contributed by atoms with Crippen LogP contribution in [0.2, 0.25) is 5.02 Å². The van der Waals surface area contributed by atoms with Gasteiger partial charge < -0.3 is 20.1 Å². The quantitative estimate of drug-likeness (QED) is 0.799. The second-order valence-electron chi connectivity index (χ2n) is 6.12. The molecule has 1 atom stereocenters. The summed E-state index contributed by atoms with van der Waals surface area (Å²) in [6.07, 6.45) is 1.41. The molecule has 0 radical (unpaired) electrons. The van der Waals surface area contributed by atoms with Crippen molar-refractivity contribution in [2.45, 2.75) is 25.9 Å². The lowest BCUT2D eigenvalue weighted by molar-refractivity contribution is -0.128. The summed E-state index contributed by atoms with van der Waals surface area (Å²) in [4.78, 5) is 12.3. The number of methoxy groups -OCH3 is 1. The molecule has 1 aromatic rings. The number of benzene rings is 1. The van der Waals surface area contributed by atoms with Crippen LogP contribution in [0.5, 0.6) is 5.75 Å². The molecule has 1 fully saturated rings. The summed E-state index contributed by atoms with van der Waals surface area (Å²) >= 11 is 5.92. The SMILES string of the molecule is COCC1(CNC(=O)C(C)Oc2cccc(Cl)c2)CCNCC1. The van der Waals surface area contributed by atoms with Gasteiger partial charge in [-0.3, -0.25) is 4.79 Å². The second-order valence-corrected chi connectivity index (χ2v) is 6.55. The van der Waals surface area contributed by atoms with Crippen LogP contribution in [-0.4, -0.2) is 45.4 Å². The maximum absolute atomic E-state index is 12.3. The molecule has 1 aromatic carbocycles. The first-order chi connectivity index (χ1) is 11.0. The Morgan fingerprint density at radius 3 is 2.83 bits per heavy atom. The van der Waals surface area contributed by atoms with Crippen molar-refractivity contribution in [2.24, 2.45) is 5.41 Å². The summed E-state index contributed by atoms with van der Waals surface area (Å²) < 4.78 is 11.0. The standard InChI is InChI=1S/C17H25ClN2O3/c1-13(23-15-5-3-4-14(18)10-15)16(21)20-11-17(12-22-2)6-8-19-9-7-17/h3-5,10,13,19H,6-9,11-12H2,1-2H3,(H,20,21). The minimum absolute atomic E-state index is 0.00539. The third-order valence-corrected chi connectivity index (χ3v) is 4.47. The Hall–Kier alpha value is -1.30. The van der Waals surface area contributed by atoms with Crippen LogP contribution in [-0.2, 0) is 9.53 Å². The second kappa shape index (κ2) is 8.52. The Morgan fingerprint density at radius 1 is 1.43 bits per heavy atom. The van der Waals surface area contributed by atoms with Crippen molar-refractivity contribution < 1.29 is 14.3 Å². The lowest BCUT2D eigenvalue weighted by Crippen LogP contribution is -2.49. The molecule has 2 N–H and O–H groups in total. The smallest absolute Gasteiger partial charge is 0.260 e. The average Bonchev–Trinajstić information content (AvgIpc) is 2.54. The largest absolute Gasteiger partial charge is 0.481 e. The summed E-state index contributed by atoms with van der Waals surface area (Å²) in [7, 11) is 1.70. The molecule has 0 spiro atoms. The van der Waals surface area contributed by atoms with Gasteiger partial charge in [-0.15, -0.1) is 0 Å². The van der Waals surface area contributed by atoms with E-state index in [-0.39, 0.29) is 11.3 Å². The fraction of sp³-hybridized carbons (Fsp3) is 0.588. The molecule has 23 heavy (non-hydrogen) atoms. The lowest BCUT2D eigenvalue weighted by Gasteiger charge is -2.37. The normalized spacial score (nSPS) is 18.2. The van der Waals surface area contributed by atoms with Gasteiger partial charge in [-0.05, 0) is 51.1 Å². The Kier molecular flexibility index (Phi) is 6.69. The van der Waals surface area contributed by atoms with Gasteiger partial charge in [0, 0.05) is 24.1 Å². The van der Waals surface area contributed by atoms with Gasteiger partial charge in [0.15, 0.2) is 6.10 Å². The van der Waals surface area contributed by atoms with E-state index < -0.39 is 6.10 Å². The van der Waals surface area contributed by atoms with Crippen LogP contribution in [0.1, 0.15) is 19.8 Å². The molecular weight excluding hydrogens is 316 g/mol. The van der Waals surface area contributed by atoms with Gasteiger partial charge >= 0.3 is 0 Å². The number of amides is 1. The van der Waals surface area contributed by atoms with Crippen LogP contribution in [0.15, 0.2) is 24.3 Å². The molecule has 1 saturated heterocycles. The molecule has 0 saturated carbocycles. The van der Waals surface area contributed by atoms with E-state index in [1.165, 1.54) is 0 Å². The first kappa shape index (κ1) is 18.0. The monoisotopic (exact) mass is 340 g/mol. The minimum Gasteiger partial charge on any atom is -0.481 e. The molecule has 1 aliphatic heterocycles. The number of piperidine rings is 1. The molecule has 0 aliphatic carbocycles. The highest BCUT2D eigenvalue weighted by Crippen LogP contribution is 2.28. The average molecular weight is 341 g/mol. The number of halogens is 1. The molecule has 1 heterocycles. The fourth-order valence-electron chi connectivity index (χ4n) is 2.85. The Bertz CT molecular complexity index is 513. The molecule has 1 aliphatic rings. The maximum Gasteiger partial charge on any atom is 0.260 e. The summed E-state index contributed by atoms with van der Waals surface area (Å²) in [5, 5.41) is 6.94. The highest BCUT2D eigenvalue weighted by atomic mass is 35.5. The topological polar surface area (TPSA) is 59.6 Å². The number of carbonyl (C=O) groups is 1. The zero-order valence-electron chi connectivity index (χ0n) is 13.7. The molecule has 0 aromatic heterocycles. The minimum atomic E-state index is -0.574. The molecule has 0 bridgehead atoms. The maximum atomic E-state index is 12.3. The van der Waals surface area contributed by atoms with Crippen molar-refractivity contribution in [3.8, 4) is 5.75 Å². The van der Waals surface area contributed by atoms with E-state index in [1.54, 1.807) is 38.3 Å². The van der Waals surface area contributed by atoms with Crippen LogP contribution in [0.25, 0.3) is 0 Å². The zero-order chi connectivity index (χ0) is 16.7. The van der Waals surface area contributed by atoms with Gasteiger partial charge in [-0.1, -0.05) is 17.7 Å². The van der Waals surface area contributed by atoms with Gasteiger partial charge in [-0.2, -0.15) is 0 Å². The van der Waals surface area contributed by atoms with E-state index in [4.69, 9.17) is 21.1 Å². The third-order valence-electron chi connectivity index (χ3n) is 4.23. The van der Waals surface area contributed by atoms with E-state index >= 15 is 0 Å². The Labute approximate surface area is 142 Å². The van der Waals surface area contributed by atoms with Gasteiger partial charge in [0.05, 0.1) is 6.61 Å². The first-order valence-corrected chi connectivity index (χ1v) is 8.32. The van der Waals surface area contributed by atoms with Crippen LogP contribution in [0.4, 0.5) is 0 Å². The van der Waals surface area contributed by atoms with Gasteiger partial charge in [0.25, 0.3) is 5.91 Å². The van der Waals surface area contributed by atoms with Crippen molar-refractivity contribution in [1.82, 2.24) is 10.6 Å². The van der Waals surface area contributed by atoms with E-state index in [2.05, 4.69) is 10.6 Å². The van der Waals surface area contributed by atoms with Crippen molar-refractivity contribution >= 4 is 17.5 Å². The van der Waals surface area contributed by atoms with E-state index in [0.29, 0.717) is 23.9 Å². The van der Waals surface area contributed by atoms with E-state index in [9.17, 15) is 4.79 Å². The molecule has 6 heteroatoms. The highest BCUT2D eigenvalue weighted by Gasteiger charge is 2.33. The number of nitrogens with one attached hydrogen (secondary N) is 2. The van der Waals surface area contributed by atoms with Gasteiger partial charge in [0.1, 0.15) is 5.75 Å². The first-order valence-electron chi connectivity index (χ1n) is 7.94. The molecule has 2 rings (SSSR count). The third kappa shape index (κ3) is 5.37.